The Morgan fingerprint density at radius 2 is 1.55 bits per heavy atom. The summed E-state index contributed by atoms with van der Waals surface area (Å²) in [6, 6.07) is 21.0. The Balaban J connectivity index is 1.37. The number of amides is 2. The molecular formula is C35H30N4O10. The monoisotopic (exact) mass is 666 g/mol. The number of hydrazone groups is 1. The minimum Gasteiger partial charge on any atom is -0.493 e. The number of nitro groups is 1. The first-order chi connectivity index (χ1) is 23.6. The number of esters is 2. The highest BCUT2D eigenvalue weighted by Gasteiger charge is 2.14. The zero-order valence-corrected chi connectivity index (χ0v) is 26.5. The molecule has 0 aliphatic heterocycles. The summed E-state index contributed by atoms with van der Waals surface area (Å²) < 4.78 is 21.3. The lowest BCUT2D eigenvalue weighted by molar-refractivity contribution is -0.384. The van der Waals surface area contributed by atoms with Gasteiger partial charge in [0.05, 0.1) is 24.9 Å². The summed E-state index contributed by atoms with van der Waals surface area (Å²) in [5.41, 5.74) is 4.08. The molecule has 0 fully saturated rings. The van der Waals surface area contributed by atoms with Crippen molar-refractivity contribution in [1.82, 2.24) is 5.43 Å². The van der Waals surface area contributed by atoms with E-state index in [2.05, 4.69) is 15.8 Å². The highest BCUT2D eigenvalue weighted by molar-refractivity contribution is 6.05. The zero-order valence-electron chi connectivity index (χ0n) is 26.5. The van der Waals surface area contributed by atoms with Crippen molar-refractivity contribution in [3.05, 3.63) is 123 Å². The Kier molecular flexibility index (Phi) is 11.9. The van der Waals surface area contributed by atoms with E-state index < -0.39 is 28.7 Å². The first kappa shape index (κ1) is 35.0. The number of ether oxygens (including phenoxy) is 4. The summed E-state index contributed by atoms with van der Waals surface area (Å²) in [6.07, 6.45) is 3.90. The number of benzene rings is 4. The number of anilines is 1. The molecule has 0 spiro atoms. The molecule has 4 aromatic carbocycles. The maximum absolute atomic E-state index is 12.8. The van der Waals surface area contributed by atoms with Gasteiger partial charge in [-0.3, -0.25) is 24.5 Å². The summed E-state index contributed by atoms with van der Waals surface area (Å²) in [4.78, 5) is 59.8. The van der Waals surface area contributed by atoms with E-state index in [-0.39, 0.29) is 46.4 Å². The van der Waals surface area contributed by atoms with Crippen molar-refractivity contribution in [2.75, 3.05) is 19.0 Å². The number of nitrogens with zero attached hydrogens (tertiary/aromatic N) is 2. The average Bonchev–Trinajstić information content (AvgIpc) is 3.08. The Morgan fingerprint density at radius 1 is 0.816 bits per heavy atom. The Labute approximate surface area is 280 Å². The van der Waals surface area contributed by atoms with Gasteiger partial charge in [0, 0.05) is 41.9 Å². The van der Waals surface area contributed by atoms with Crippen molar-refractivity contribution < 1.29 is 43.0 Å². The van der Waals surface area contributed by atoms with Gasteiger partial charge < -0.3 is 24.3 Å². The van der Waals surface area contributed by atoms with Gasteiger partial charge in [0.15, 0.2) is 23.0 Å². The molecule has 250 valence electrons. The first-order valence-electron chi connectivity index (χ1n) is 14.6. The Morgan fingerprint density at radius 3 is 2.29 bits per heavy atom. The van der Waals surface area contributed by atoms with Crippen molar-refractivity contribution in [3.8, 4) is 23.0 Å². The predicted octanol–water partition coefficient (Wildman–Crippen LogP) is 5.56. The average molecular weight is 667 g/mol. The summed E-state index contributed by atoms with van der Waals surface area (Å²) in [5, 5.41) is 17.7. The van der Waals surface area contributed by atoms with E-state index in [1.54, 1.807) is 43.3 Å². The molecule has 14 nitrogen and oxygen atoms in total. The molecular weight excluding hydrogens is 636 g/mol. The fourth-order valence-electron chi connectivity index (χ4n) is 4.23. The number of methoxy groups -OCH3 is 1. The van der Waals surface area contributed by atoms with Gasteiger partial charge in [0.2, 0.25) is 0 Å². The van der Waals surface area contributed by atoms with Crippen LogP contribution in [0, 0.1) is 10.1 Å². The van der Waals surface area contributed by atoms with Crippen LogP contribution in [0.1, 0.15) is 45.7 Å². The van der Waals surface area contributed by atoms with Crippen LogP contribution in [0.25, 0.3) is 6.08 Å². The molecule has 0 aliphatic rings. The summed E-state index contributed by atoms with van der Waals surface area (Å²) >= 11 is 0. The quantitative estimate of drug-likeness (QED) is 0.0457. The summed E-state index contributed by atoms with van der Waals surface area (Å²) in [5.74, 6) is -1.54. The van der Waals surface area contributed by atoms with E-state index in [0.29, 0.717) is 16.8 Å². The van der Waals surface area contributed by atoms with E-state index in [9.17, 15) is 29.3 Å². The maximum atomic E-state index is 12.8. The molecule has 0 atom stereocenters. The third-order valence-corrected chi connectivity index (χ3v) is 6.41. The highest BCUT2D eigenvalue weighted by atomic mass is 16.6. The first-order valence-corrected chi connectivity index (χ1v) is 14.6. The number of rotatable bonds is 13. The van der Waals surface area contributed by atoms with E-state index in [4.69, 9.17) is 18.9 Å². The molecule has 0 saturated heterocycles. The topological polar surface area (TPSA) is 185 Å². The number of hydrogen-bond donors (Lipinski definition) is 2. The van der Waals surface area contributed by atoms with Crippen LogP contribution in [0.15, 0.2) is 96.1 Å². The van der Waals surface area contributed by atoms with Crippen molar-refractivity contribution in [1.29, 1.82) is 0 Å². The molecule has 0 heterocycles. The van der Waals surface area contributed by atoms with Crippen molar-refractivity contribution >= 4 is 47.4 Å². The minimum absolute atomic E-state index is 0.107. The van der Waals surface area contributed by atoms with Crippen LogP contribution in [0.5, 0.6) is 23.0 Å². The van der Waals surface area contributed by atoms with Gasteiger partial charge in [-0.05, 0) is 78.7 Å². The van der Waals surface area contributed by atoms with Crippen LogP contribution in [0.4, 0.5) is 11.4 Å². The van der Waals surface area contributed by atoms with Crippen LogP contribution in [-0.2, 0) is 9.59 Å². The van der Waals surface area contributed by atoms with E-state index in [1.165, 1.54) is 74.9 Å². The number of nitro benzene ring substituents is 1. The second-order valence-corrected chi connectivity index (χ2v) is 9.94. The van der Waals surface area contributed by atoms with Gasteiger partial charge in [-0.15, -0.1) is 0 Å². The van der Waals surface area contributed by atoms with Gasteiger partial charge in [-0.25, -0.2) is 10.2 Å². The van der Waals surface area contributed by atoms with Crippen LogP contribution in [-0.4, -0.2) is 48.6 Å². The fraction of sp³-hybridized carbons (Fsp3) is 0.114. The molecule has 14 heteroatoms. The maximum Gasteiger partial charge on any atom is 0.336 e. The SMILES string of the molecule is CCOc1cc(C=NNC(=O)c2cccc(NC(=O)c3ccc(OC(C)=O)c(OC)c3)c2)ccc1OC(=O)/C=C/c1cccc([N+](=O)[O-])c1. The lowest BCUT2D eigenvalue weighted by Gasteiger charge is -2.11. The zero-order chi connectivity index (χ0) is 35.3. The number of hydrogen-bond acceptors (Lipinski definition) is 11. The molecule has 2 amide bonds. The second-order valence-electron chi connectivity index (χ2n) is 9.94. The van der Waals surface area contributed by atoms with Gasteiger partial charge in [-0.1, -0.05) is 18.2 Å². The fourth-order valence-corrected chi connectivity index (χ4v) is 4.23. The predicted molar refractivity (Wildman–Crippen MR) is 179 cm³/mol. The van der Waals surface area contributed by atoms with Crippen LogP contribution in [0.2, 0.25) is 0 Å². The molecule has 49 heavy (non-hydrogen) atoms. The van der Waals surface area contributed by atoms with Crippen LogP contribution >= 0.6 is 0 Å². The number of non-ortho nitro benzene ring substituents is 1. The molecule has 0 unspecified atom stereocenters. The standard InChI is InChI=1S/C35H30N4O10/c1-4-47-32-18-24(11-14-30(32)49-33(41)16-12-23-7-5-10-28(17-23)39(44)45)21-36-38-35(43)25-8-6-9-27(19-25)37-34(42)26-13-15-29(48-22(2)40)31(20-26)46-3/h5-21H,4H2,1-3H3,(H,37,42)(H,38,43)/b16-12+,36-21?. The molecule has 0 bridgehead atoms. The normalized spacial score (nSPS) is 10.8. The van der Waals surface area contributed by atoms with Gasteiger partial charge in [0.25, 0.3) is 17.5 Å². The second kappa shape index (κ2) is 16.6. The molecule has 0 aliphatic carbocycles. The number of nitrogens with one attached hydrogen (secondary N) is 2. The van der Waals surface area contributed by atoms with E-state index in [0.717, 1.165) is 6.08 Å². The molecule has 0 saturated carbocycles. The number of carbonyl (C=O) groups excluding carboxylic acids is 4. The Hall–Kier alpha value is -6.83. The van der Waals surface area contributed by atoms with Gasteiger partial charge in [0.1, 0.15) is 0 Å². The van der Waals surface area contributed by atoms with E-state index >= 15 is 0 Å². The van der Waals surface area contributed by atoms with Crippen LogP contribution in [0.3, 0.4) is 0 Å². The van der Waals surface area contributed by atoms with E-state index in [1.807, 2.05) is 0 Å². The van der Waals surface area contributed by atoms with Crippen molar-refractivity contribution in [2.45, 2.75) is 13.8 Å². The van der Waals surface area contributed by atoms with Crippen molar-refractivity contribution in [2.24, 2.45) is 5.10 Å². The molecule has 0 aromatic heterocycles. The third kappa shape index (κ3) is 10.1. The summed E-state index contributed by atoms with van der Waals surface area (Å²) in [6.45, 7) is 3.27. The molecule has 2 N–H and O–H groups in total. The molecule has 4 rings (SSSR count). The third-order valence-electron chi connectivity index (χ3n) is 6.41. The summed E-state index contributed by atoms with van der Waals surface area (Å²) in [7, 11) is 1.38. The van der Waals surface area contributed by atoms with Crippen molar-refractivity contribution in [3.63, 3.8) is 0 Å². The van der Waals surface area contributed by atoms with Gasteiger partial charge >= 0.3 is 11.9 Å². The lowest BCUT2D eigenvalue weighted by Crippen LogP contribution is -2.18. The molecule has 4 aromatic rings. The Bertz CT molecular complexity index is 1950. The molecule has 0 radical (unpaired) electrons. The smallest absolute Gasteiger partial charge is 0.336 e. The minimum atomic E-state index is -0.726. The van der Waals surface area contributed by atoms with Crippen LogP contribution < -0.4 is 29.7 Å². The number of carbonyl (C=O) groups is 4. The largest absolute Gasteiger partial charge is 0.493 e. The lowest BCUT2D eigenvalue weighted by atomic mass is 10.1. The highest BCUT2D eigenvalue weighted by Crippen LogP contribution is 2.30. The van der Waals surface area contributed by atoms with Gasteiger partial charge in [-0.2, -0.15) is 5.10 Å².